The van der Waals surface area contributed by atoms with Gasteiger partial charge in [0.1, 0.15) is 24.2 Å². The third-order valence-electron chi connectivity index (χ3n) is 5.90. The van der Waals surface area contributed by atoms with Crippen molar-refractivity contribution in [2.75, 3.05) is 6.61 Å². The summed E-state index contributed by atoms with van der Waals surface area (Å²) in [5.74, 6) is -2.22. The minimum absolute atomic E-state index is 0.248. The molecule has 12 heteroatoms. The second-order valence-corrected chi connectivity index (χ2v) is 10.1. The Bertz CT molecular complexity index is 1150. The van der Waals surface area contributed by atoms with Crippen LogP contribution in [0.2, 0.25) is 0 Å². The normalized spacial score (nSPS) is 23.0. The molecule has 1 aromatic carbocycles. The summed E-state index contributed by atoms with van der Waals surface area (Å²) in [6.07, 6.45) is -0.144. The zero-order valence-corrected chi connectivity index (χ0v) is 23.1. The number of ether oxygens (including phenoxy) is 4. The van der Waals surface area contributed by atoms with E-state index in [1.54, 1.807) is 0 Å². The highest BCUT2D eigenvalue weighted by Crippen LogP contribution is 2.37. The topological polar surface area (TPSA) is 135 Å². The number of hydrogen-bond acceptors (Lipinski definition) is 10. The molecule has 11 nitrogen and oxygen atoms in total. The number of rotatable bonds is 11. The van der Waals surface area contributed by atoms with E-state index in [1.807, 2.05) is 24.3 Å². The van der Waals surface area contributed by atoms with E-state index >= 15 is 0 Å². The van der Waals surface area contributed by atoms with E-state index in [0.29, 0.717) is 5.16 Å². The van der Waals surface area contributed by atoms with Gasteiger partial charge >= 0.3 is 17.9 Å². The molecule has 1 aromatic heterocycles. The quantitative estimate of drug-likeness (QED) is 0.253. The molecule has 0 unspecified atom stereocenters. The summed E-state index contributed by atoms with van der Waals surface area (Å²) in [5.41, 5.74) is 0.949. The molecule has 3 rings (SSSR count). The van der Waals surface area contributed by atoms with Crippen molar-refractivity contribution in [3.8, 4) is 0 Å². The van der Waals surface area contributed by atoms with Crippen molar-refractivity contribution >= 4 is 46.6 Å². The maximum absolute atomic E-state index is 12.2. The molecule has 1 fully saturated rings. The van der Waals surface area contributed by atoms with E-state index in [1.165, 1.54) is 39.5 Å². The standard InChI is InChI=1S/C26H35N3O8S/c1-6-7-10-13-29-20-12-9-8-11-19(20)28-26(29)38-25-22(27-15(2)30)24(36-18(5)33)23(35-17(4)32)21(37-25)14-34-16(3)31/h8-9,11-12,21-25H,6-7,10,13-14H2,1-5H3,(H,27,30)/t21-,22-,23-,24-,25-/m1/s1. The lowest BCUT2D eigenvalue weighted by molar-refractivity contribution is -0.211. The summed E-state index contributed by atoms with van der Waals surface area (Å²) >= 11 is 1.26. The van der Waals surface area contributed by atoms with Crippen molar-refractivity contribution in [2.24, 2.45) is 0 Å². The minimum Gasteiger partial charge on any atom is -0.463 e. The number of hydrogen-bond donors (Lipinski definition) is 1. The van der Waals surface area contributed by atoms with Gasteiger partial charge in [-0.1, -0.05) is 43.7 Å². The Morgan fingerprint density at radius 1 is 1.00 bits per heavy atom. The Morgan fingerprint density at radius 3 is 2.32 bits per heavy atom. The molecule has 0 bridgehead atoms. The number of aromatic nitrogens is 2. The number of fused-ring (bicyclic) bond motifs is 1. The van der Waals surface area contributed by atoms with Gasteiger partial charge in [0.25, 0.3) is 0 Å². The zero-order chi connectivity index (χ0) is 27.8. The molecule has 5 atom stereocenters. The summed E-state index contributed by atoms with van der Waals surface area (Å²) in [5, 5.41) is 3.46. The van der Waals surface area contributed by atoms with E-state index in [9.17, 15) is 19.2 Å². The number of aryl methyl sites for hydroxylation is 1. The molecule has 0 saturated carbocycles. The van der Waals surface area contributed by atoms with Crippen LogP contribution < -0.4 is 5.32 Å². The van der Waals surface area contributed by atoms with Gasteiger partial charge in [-0.2, -0.15) is 0 Å². The lowest BCUT2D eigenvalue weighted by Gasteiger charge is -2.44. The molecular weight excluding hydrogens is 514 g/mol. The molecule has 1 N–H and O–H groups in total. The van der Waals surface area contributed by atoms with Crippen LogP contribution >= 0.6 is 11.8 Å². The van der Waals surface area contributed by atoms with Crippen LogP contribution in [0.15, 0.2) is 29.4 Å². The molecule has 0 spiro atoms. The molecule has 1 amide bonds. The summed E-state index contributed by atoms with van der Waals surface area (Å²) in [4.78, 5) is 52.7. The average molecular weight is 550 g/mol. The van der Waals surface area contributed by atoms with Crippen molar-refractivity contribution in [1.82, 2.24) is 14.9 Å². The van der Waals surface area contributed by atoms with Crippen molar-refractivity contribution in [3.63, 3.8) is 0 Å². The number of thioether (sulfide) groups is 1. The third kappa shape index (κ3) is 7.70. The summed E-state index contributed by atoms with van der Waals surface area (Å²) in [7, 11) is 0. The Hall–Kier alpha value is -3.12. The van der Waals surface area contributed by atoms with Gasteiger partial charge in [-0.3, -0.25) is 19.2 Å². The van der Waals surface area contributed by atoms with Gasteiger partial charge in [-0.25, -0.2) is 4.98 Å². The number of nitrogens with one attached hydrogen (secondary N) is 1. The van der Waals surface area contributed by atoms with Crippen LogP contribution in [0.3, 0.4) is 0 Å². The highest BCUT2D eigenvalue weighted by Gasteiger charge is 2.51. The predicted molar refractivity (Wildman–Crippen MR) is 139 cm³/mol. The van der Waals surface area contributed by atoms with Gasteiger partial charge in [0.2, 0.25) is 5.91 Å². The summed E-state index contributed by atoms with van der Waals surface area (Å²) in [6, 6.07) is 6.87. The van der Waals surface area contributed by atoms with E-state index in [0.717, 1.165) is 36.8 Å². The molecule has 208 valence electrons. The van der Waals surface area contributed by atoms with Crippen molar-refractivity contribution in [2.45, 2.75) is 95.4 Å². The van der Waals surface area contributed by atoms with Crippen molar-refractivity contribution in [1.29, 1.82) is 0 Å². The van der Waals surface area contributed by atoms with Crippen LogP contribution in [0.5, 0.6) is 0 Å². The van der Waals surface area contributed by atoms with E-state index in [-0.39, 0.29) is 6.61 Å². The third-order valence-corrected chi connectivity index (χ3v) is 7.06. The number of nitrogens with zero attached hydrogens (tertiary/aromatic N) is 2. The first kappa shape index (κ1) is 29.4. The Balaban J connectivity index is 2.04. The molecule has 2 aromatic rings. The number of esters is 3. The van der Waals surface area contributed by atoms with Crippen molar-refractivity contribution in [3.05, 3.63) is 24.3 Å². The number of carbonyl (C=O) groups excluding carboxylic acids is 4. The largest absolute Gasteiger partial charge is 0.463 e. The van der Waals surface area contributed by atoms with Crippen molar-refractivity contribution < 1.29 is 38.1 Å². The van der Waals surface area contributed by atoms with Crippen LogP contribution in [0.4, 0.5) is 0 Å². The number of unbranched alkanes of at least 4 members (excludes halogenated alkanes) is 2. The minimum atomic E-state index is -1.13. The smallest absolute Gasteiger partial charge is 0.303 e. The first-order valence-electron chi connectivity index (χ1n) is 12.6. The van der Waals surface area contributed by atoms with Gasteiger partial charge in [-0.05, 0) is 18.6 Å². The summed E-state index contributed by atoms with van der Waals surface area (Å²) < 4.78 is 24.7. The van der Waals surface area contributed by atoms with E-state index in [2.05, 4.69) is 16.8 Å². The lowest BCUT2D eigenvalue weighted by Crippen LogP contribution is -2.65. The van der Waals surface area contributed by atoms with Gasteiger partial charge in [0, 0.05) is 34.2 Å². The molecule has 2 heterocycles. The van der Waals surface area contributed by atoms with Crippen LogP contribution in [-0.4, -0.2) is 69.8 Å². The second kappa shape index (κ2) is 13.6. The fraction of sp³-hybridized carbons (Fsp3) is 0.577. The van der Waals surface area contributed by atoms with E-state index < -0.39 is 53.6 Å². The Kier molecular flexibility index (Phi) is 10.5. The maximum atomic E-state index is 12.2. The molecular formula is C26H35N3O8S. The second-order valence-electron chi connectivity index (χ2n) is 9.08. The fourth-order valence-electron chi connectivity index (χ4n) is 4.37. The first-order valence-corrected chi connectivity index (χ1v) is 13.5. The molecule has 1 aliphatic heterocycles. The average Bonchev–Trinajstić information content (AvgIpc) is 3.18. The number of amides is 1. The molecule has 38 heavy (non-hydrogen) atoms. The van der Waals surface area contributed by atoms with Gasteiger partial charge < -0.3 is 28.8 Å². The SMILES string of the molecule is CCCCCn1c(S[C@H]2O[C@H](COC(C)=O)[C@@H](OC(C)=O)[C@H](OC(C)=O)[C@H]2NC(C)=O)nc2ccccc21. The lowest BCUT2D eigenvalue weighted by atomic mass is 9.97. The monoisotopic (exact) mass is 549 g/mol. The first-order chi connectivity index (χ1) is 18.1. The highest BCUT2D eigenvalue weighted by atomic mass is 32.2. The van der Waals surface area contributed by atoms with Gasteiger partial charge in [-0.15, -0.1) is 0 Å². The Morgan fingerprint density at radius 2 is 1.68 bits per heavy atom. The number of carbonyl (C=O) groups is 4. The maximum Gasteiger partial charge on any atom is 0.303 e. The molecule has 1 saturated heterocycles. The predicted octanol–water partition coefficient (Wildman–Crippen LogP) is 2.97. The summed E-state index contributed by atoms with van der Waals surface area (Å²) in [6.45, 7) is 7.63. The molecule has 1 aliphatic rings. The van der Waals surface area contributed by atoms with Crippen LogP contribution in [0, 0.1) is 0 Å². The van der Waals surface area contributed by atoms with Gasteiger partial charge in [0.05, 0.1) is 11.0 Å². The van der Waals surface area contributed by atoms with E-state index in [4.69, 9.17) is 23.9 Å². The number of benzene rings is 1. The van der Waals surface area contributed by atoms with Gasteiger partial charge in [0.15, 0.2) is 17.4 Å². The Labute approximate surface area is 225 Å². The number of imidazole rings is 1. The number of para-hydroxylation sites is 2. The molecule has 0 aliphatic carbocycles. The highest BCUT2D eigenvalue weighted by molar-refractivity contribution is 7.99. The van der Waals surface area contributed by atoms with Crippen LogP contribution in [-0.2, 0) is 44.7 Å². The van der Waals surface area contributed by atoms with Crippen LogP contribution in [0.1, 0.15) is 53.9 Å². The molecule has 0 radical (unpaired) electrons. The zero-order valence-electron chi connectivity index (χ0n) is 22.3. The van der Waals surface area contributed by atoms with Crippen LogP contribution in [0.25, 0.3) is 11.0 Å². The fourth-order valence-corrected chi connectivity index (χ4v) is 5.62.